The van der Waals surface area contributed by atoms with E-state index in [1.807, 2.05) is 25.1 Å². The maximum absolute atomic E-state index is 6.28. The Morgan fingerprint density at radius 3 is 2.71 bits per heavy atom. The highest BCUT2D eigenvalue weighted by Crippen LogP contribution is 2.32. The molecule has 1 heterocycles. The van der Waals surface area contributed by atoms with E-state index in [9.17, 15) is 0 Å². The number of fused-ring (bicyclic) bond motifs is 1. The molecule has 90 valence electrons. The lowest BCUT2D eigenvalue weighted by Crippen LogP contribution is -1.96. The Bertz CT molecular complexity index is 555. The zero-order valence-corrected chi connectivity index (χ0v) is 10.8. The van der Waals surface area contributed by atoms with Crippen molar-refractivity contribution in [3.8, 4) is 5.75 Å². The maximum Gasteiger partial charge on any atom is 0.145 e. The van der Waals surface area contributed by atoms with Crippen LogP contribution in [0, 0.1) is 6.92 Å². The average Bonchev–Trinajstić information content (AvgIpc) is 2.29. The van der Waals surface area contributed by atoms with E-state index in [0.29, 0.717) is 11.6 Å². The zero-order chi connectivity index (χ0) is 12.4. The Kier molecular flexibility index (Phi) is 3.50. The predicted octanol–water partition coefficient (Wildman–Crippen LogP) is 3.35. The number of aryl methyl sites for hydroxylation is 1. The molecule has 0 N–H and O–H groups in total. The molecule has 0 aliphatic carbocycles. The van der Waals surface area contributed by atoms with Crippen molar-refractivity contribution < 1.29 is 9.47 Å². The highest BCUT2D eigenvalue weighted by molar-refractivity contribution is 6.35. The average molecular weight is 252 g/mol. The number of halogens is 1. The molecule has 0 aliphatic heterocycles. The molecule has 0 spiro atoms. The third kappa shape index (κ3) is 2.21. The van der Waals surface area contributed by atoms with E-state index in [4.69, 9.17) is 21.1 Å². The quantitative estimate of drug-likeness (QED) is 0.838. The molecule has 0 fully saturated rings. The summed E-state index contributed by atoms with van der Waals surface area (Å²) < 4.78 is 10.4. The summed E-state index contributed by atoms with van der Waals surface area (Å²) >= 11 is 6.28. The predicted molar refractivity (Wildman–Crippen MR) is 68.8 cm³/mol. The number of pyridine rings is 1. The number of aromatic nitrogens is 1. The van der Waals surface area contributed by atoms with Gasteiger partial charge in [0.2, 0.25) is 0 Å². The van der Waals surface area contributed by atoms with Crippen molar-refractivity contribution in [1.82, 2.24) is 4.98 Å². The van der Waals surface area contributed by atoms with Crippen molar-refractivity contribution in [3.05, 3.63) is 34.5 Å². The zero-order valence-electron chi connectivity index (χ0n) is 10.1. The van der Waals surface area contributed by atoms with Crippen LogP contribution in [0.5, 0.6) is 5.75 Å². The molecule has 0 saturated carbocycles. The lowest BCUT2D eigenvalue weighted by molar-refractivity contribution is 0.182. The number of hydrogen-bond acceptors (Lipinski definition) is 3. The number of nitrogens with zero attached hydrogens (tertiary/aromatic N) is 1. The van der Waals surface area contributed by atoms with Crippen LogP contribution in [0.4, 0.5) is 0 Å². The molecule has 0 saturated heterocycles. The molecule has 0 bridgehead atoms. The van der Waals surface area contributed by atoms with E-state index in [0.717, 1.165) is 27.9 Å². The number of rotatable bonds is 3. The Hall–Kier alpha value is -1.32. The first kappa shape index (κ1) is 12.1. The van der Waals surface area contributed by atoms with Crippen LogP contribution in [0.25, 0.3) is 10.9 Å². The minimum atomic E-state index is 0.437. The molecule has 17 heavy (non-hydrogen) atoms. The van der Waals surface area contributed by atoms with Crippen molar-refractivity contribution in [3.63, 3.8) is 0 Å². The van der Waals surface area contributed by atoms with Gasteiger partial charge in [0.25, 0.3) is 0 Å². The summed E-state index contributed by atoms with van der Waals surface area (Å²) in [4.78, 5) is 4.52. The first-order valence-electron chi connectivity index (χ1n) is 5.29. The fourth-order valence-electron chi connectivity index (χ4n) is 1.87. The summed E-state index contributed by atoms with van der Waals surface area (Å²) in [6, 6.07) is 5.71. The fourth-order valence-corrected chi connectivity index (χ4v) is 2.23. The van der Waals surface area contributed by atoms with Gasteiger partial charge in [-0.05, 0) is 24.6 Å². The standard InChI is InChI=1S/C13H14ClNO2/c1-8-4-5-11(17-3)13-12(8)10(14)6-9(15-13)7-16-2/h4-6H,7H2,1-3H3. The van der Waals surface area contributed by atoms with Gasteiger partial charge in [0.1, 0.15) is 11.3 Å². The molecule has 2 rings (SSSR count). The van der Waals surface area contributed by atoms with Crippen LogP contribution in [0.15, 0.2) is 18.2 Å². The smallest absolute Gasteiger partial charge is 0.145 e. The number of hydrogen-bond donors (Lipinski definition) is 0. The monoisotopic (exact) mass is 251 g/mol. The van der Waals surface area contributed by atoms with Gasteiger partial charge >= 0.3 is 0 Å². The SMILES string of the molecule is COCc1cc(Cl)c2c(C)ccc(OC)c2n1. The van der Waals surface area contributed by atoms with Crippen molar-refractivity contribution in [2.24, 2.45) is 0 Å². The molecular weight excluding hydrogens is 238 g/mol. The number of ether oxygens (including phenoxy) is 2. The van der Waals surface area contributed by atoms with Crippen LogP contribution in [0.1, 0.15) is 11.3 Å². The third-order valence-corrected chi connectivity index (χ3v) is 2.95. The molecule has 3 nitrogen and oxygen atoms in total. The van der Waals surface area contributed by atoms with Gasteiger partial charge in [-0.15, -0.1) is 0 Å². The molecular formula is C13H14ClNO2. The maximum atomic E-state index is 6.28. The topological polar surface area (TPSA) is 31.4 Å². The second-order valence-corrected chi connectivity index (χ2v) is 4.24. The summed E-state index contributed by atoms with van der Waals surface area (Å²) in [5.74, 6) is 0.727. The Labute approximate surface area is 105 Å². The minimum absolute atomic E-state index is 0.437. The van der Waals surface area contributed by atoms with Gasteiger partial charge in [-0.3, -0.25) is 0 Å². The number of methoxy groups -OCH3 is 2. The van der Waals surface area contributed by atoms with Crippen LogP contribution >= 0.6 is 11.6 Å². The Balaban J connectivity index is 2.75. The normalized spacial score (nSPS) is 10.8. The van der Waals surface area contributed by atoms with E-state index in [2.05, 4.69) is 4.98 Å². The van der Waals surface area contributed by atoms with Crippen molar-refractivity contribution in [2.75, 3.05) is 14.2 Å². The van der Waals surface area contributed by atoms with Gasteiger partial charge in [-0.1, -0.05) is 17.7 Å². The first-order valence-corrected chi connectivity index (χ1v) is 5.67. The number of benzene rings is 1. The van der Waals surface area contributed by atoms with Crippen LogP contribution in [-0.4, -0.2) is 19.2 Å². The summed E-state index contributed by atoms with van der Waals surface area (Å²) in [6.45, 7) is 2.44. The second kappa shape index (κ2) is 4.90. The lowest BCUT2D eigenvalue weighted by atomic mass is 10.1. The fraction of sp³-hybridized carbons (Fsp3) is 0.308. The largest absolute Gasteiger partial charge is 0.494 e. The molecule has 0 atom stereocenters. The van der Waals surface area contributed by atoms with E-state index in [-0.39, 0.29) is 0 Å². The van der Waals surface area contributed by atoms with Gasteiger partial charge in [-0.2, -0.15) is 0 Å². The minimum Gasteiger partial charge on any atom is -0.494 e. The summed E-state index contributed by atoms with van der Waals surface area (Å²) in [5.41, 5.74) is 2.67. The molecule has 0 aliphatic rings. The van der Waals surface area contributed by atoms with Crippen LogP contribution in [0.2, 0.25) is 5.02 Å². The molecule has 1 aromatic carbocycles. The summed E-state index contributed by atoms with van der Waals surface area (Å²) in [7, 11) is 3.26. The van der Waals surface area contributed by atoms with E-state index < -0.39 is 0 Å². The third-order valence-electron chi connectivity index (χ3n) is 2.65. The van der Waals surface area contributed by atoms with Gasteiger partial charge in [-0.25, -0.2) is 4.98 Å². The summed E-state index contributed by atoms with van der Waals surface area (Å²) in [6.07, 6.45) is 0. The van der Waals surface area contributed by atoms with Gasteiger partial charge in [0.15, 0.2) is 0 Å². The second-order valence-electron chi connectivity index (χ2n) is 3.84. The Morgan fingerprint density at radius 2 is 2.06 bits per heavy atom. The molecule has 0 unspecified atom stereocenters. The van der Waals surface area contributed by atoms with Crippen LogP contribution in [-0.2, 0) is 11.3 Å². The molecule has 1 aromatic heterocycles. The van der Waals surface area contributed by atoms with Crippen LogP contribution in [0.3, 0.4) is 0 Å². The van der Waals surface area contributed by atoms with Crippen LogP contribution < -0.4 is 4.74 Å². The molecule has 0 amide bonds. The van der Waals surface area contributed by atoms with Gasteiger partial charge in [0, 0.05) is 12.5 Å². The van der Waals surface area contributed by atoms with Gasteiger partial charge in [0.05, 0.1) is 24.4 Å². The lowest BCUT2D eigenvalue weighted by Gasteiger charge is -2.10. The highest BCUT2D eigenvalue weighted by Gasteiger charge is 2.11. The van der Waals surface area contributed by atoms with E-state index in [1.54, 1.807) is 14.2 Å². The van der Waals surface area contributed by atoms with Crippen molar-refractivity contribution in [2.45, 2.75) is 13.5 Å². The van der Waals surface area contributed by atoms with E-state index in [1.165, 1.54) is 0 Å². The molecule has 4 heteroatoms. The van der Waals surface area contributed by atoms with Crippen molar-refractivity contribution >= 4 is 22.5 Å². The highest BCUT2D eigenvalue weighted by atomic mass is 35.5. The van der Waals surface area contributed by atoms with Gasteiger partial charge < -0.3 is 9.47 Å². The Morgan fingerprint density at radius 1 is 1.29 bits per heavy atom. The summed E-state index contributed by atoms with van der Waals surface area (Å²) in [5, 5.41) is 1.62. The van der Waals surface area contributed by atoms with E-state index >= 15 is 0 Å². The first-order chi connectivity index (χ1) is 8.17. The van der Waals surface area contributed by atoms with Crippen molar-refractivity contribution in [1.29, 1.82) is 0 Å². The molecule has 2 aromatic rings. The molecule has 0 radical (unpaired) electrons.